The van der Waals surface area contributed by atoms with Gasteiger partial charge in [0.1, 0.15) is 0 Å². The Kier molecular flexibility index (Phi) is 9.98. The fourth-order valence-corrected chi connectivity index (χ4v) is 3.74. The van der Waals surface area contributed by atoms with Crippen molar-refractivity contribution in [1.82, 2.24) is 0 Å². The van der Waals surface area contributed by atoms with Gasteiger partial charge in [-0.25, -0.2) is 17.6 Å². The molecule has 0 aromatic heterocycles. The van der Waals surface area contributed by atoms with Gasteiger partial charge in [-0.2, -0.15) is 0 Å². The van der Waals surface area contributed by atoms with Crippen LogP contribution in [-0.2, 0) is 9.47 Å². The molecule has 35 heavy (non-hydrogen) atoms. The molecule has 2 aromatic rings. The molecule has 1 aliphatic rings. The summed E-state index contributed by atoms with van der Waals surface area (Å²) < 4.78 is 79.5. The number of hydrogen-bond acceptors (Lipinski definition) is 4. The normalized spacial score (nSPS) is 14.4. The summed E-state index contributed by atoms with van der Waals surface area (Å²) >= 11 is 0. The van der Waals surface area contributed by atoms with E-state index in [4.69, 9.17) is 18.9 Å². The van der Waals surface area contributed by atoms with E-state index in [1.807, 2.05) is 6.92 Å². The van der Waals surface area contributed by atoms with Gasteiger partial charge in [0.2, 0.25) is 0 Å². The third-order valence-corrected chi connectivity index (χ3v) is 6.08. The first-order chi connectivity index (χ1) is 16.9. The predicted octanol–water partition coefficient (Wildman–Crippen LogP) is 6.86. The number of halogens is 4. The van der Waals surface area contributed by atoms with Gasteiger partial charge in [-0.05, 0) is 61.1 Å². The molecule has 0 unspecified atom stereocenters. The second-order valence-electron chi connectivity index (χ2n) is 8.80. The zero-order chi connectivity index (χ0) is 25.3. The first-order valence-electron chi connectivity index (χ1n) is 11.9. The van der Waals surface area contributed by atoms with Crippen LogP contribution in [0.5, 0.6) is 11.5 Å². The average molecular weight is 497 g/mol. The minimum atomic E-state index is -0.942. The summed E-state index contributed by atoms with van der Waals surface area (Å²) in [7, 11) is 0. The SMILES string of the molecule is C=CCOCCCCCCOc1c(F)cc(-c2cc(F)c(OCC3(CC)COC3)c(F)c2)cc1F. The molecular weight excluding hydrogens is 464 g/mol. The lowest BCUT2D eigenvalue weighted by Gasteiger charge is -2.40. The maximum Gasteiger partial charge on any atom is 0.190 e. The van der Waals surface area contributed by atoms with Crippen molar-refractivity contribution >= 4 is 0 Å². The Bertz CT molecular complexity index is 940. The Hall–Kier alpha value is -2.58. The largest absolute Gasteiger partial charge is 0.488 e. The molecule has 1 fully saturated rings. The van der Waals surface area contributed by atoms with Crippen LogP contribution in [0.15, 0.2) is 36.9 Å². The lowest BCUT2D eigenvalue weighted by Crippen LogP contribution is -2.46. The van der Waals surface area contributed by atoms with Crippen LogP contribution < -0.4 is 9.47 Å². The molecule has 2 aromatic carbocycles. The molecule has 8 heteroatoms. The van der Waals surface area contributed by atoms with E-state index in [-0.39, 0.29) is 29.8 Å². The molecule has 0 spiro atoms. The maximum atomic E-state index is 14.6. The van der Waals surface area contributed by atoms with Crippen molar-refractivity contribution in [3.05, 3.63) is 60.2 Å². The fraction of sp³-hybridized carbons (Fsp3) is 0.481. The lowest BCUT2D eigenvalue weighted by atomic mass is 9.84. The van der Waals surface area contributed by atoms with E-state index in [2.05, 4.69) is 6.58 Å². The first-order valence-corrected chi connectivity index (χ1v) is 11.9. The minimum Gasteiger partial charge on any atom is -0.488 e. The lowest BCUT2D eigenvalue weighted by molar-refractivity contribution is -0.134. The Morgan fingerprint density at radius 3 is 1.80 bits per heavy atom. The van der Waals surface area contributed by atoms with E-state index in [1.54, 1.807) is 6.08 Å². The highest BCUT2D eigenvalue weighted by atomic mass is 19.1. The summed E-state index contributed by atoms with van der Waals surface area (Å²) in [5.74, 6) is -4.77. The average Bonchev–Trinajstić information content (AvgIpc) is 2.80. The van der Waals surface area contributed by atoms with Crippen molar-refractivity contribution in [2.45, 2.75) is 39.0 Å². The molecular formula is C27H32F4O4. The van der Waals surface area contributed by atoms with Gasteiger partial charge in [0, 0.05) is 6.61 Å². The van der Waals surface area contributed by atoms with Crippen molar-refractivity contribution in [1.29, 1.82) is 0 Å². The Morgan fingerprint density at radius 1 is 0.829 bits per heavy atom. The van der Waals surface area contributed by atoms with E-state index >= 15 is 0 Å². The van der Waals surface area contributed by atoms with E-state index < -0.39 is 34.8 Å². The highest BCUT2D eigenvalue weighted by Gasteiger charge is 2.38. The first kappa shape index (κ1) is 27.0. The van der Waals surface area contributed by atoms with Crippen molar-refractivity contribution in [3.8, 4) is 22.6 Å². The number of ether oxygens (including phenoxy) is 4. The van der Waals surface area contributed by atoms with Gasteiger partial charge in [-0.1, -0.05) is 19.4 Å². The molecule has 0 amide bonds. The molecule has 0 N–H and O–H groups in total. The second-order valence-corrected chi connectivity index (χ2v) is 8.80. The van der Waals surface area contributed by atoms with Gasteiger partial charge in [0.05, 0.1) is 38.4 Å². The Labute approximate surface area is 203 Å². The van der Waals surface area contributed by atoms with Crippen molar-refractivity contribution < 1.29 is 36.5 Å². The summed E-state index contributed by atoms with van der Waals surface area (Å²) in [4.78, 5) is 0. The molecule has 1 aliphatic heterocycles. The molecule has 192 valence electrons. The molecule has 0 atom stereocenters. The number of hydrogen-bond donors (Lipinski definition) is 0. The molecule has 1 heterocycles. The van der Waals surface area contributed by atoms with Gasteiger partial charge in [-0.15, -0.1) is 6.58 Å². The smallest absolute Gasteiger partial charge is 0.190 e. The minimum absolute atomic E-state index is 0.00588. The van der Waals surface area contributed by atoms with Gasteiger partial charge in [-0.3, -0.25) is 0 Å². The van der Waals surface area contributed by atoms with Crippen molar-refractivity contribution in [3.63, 3.8) is 0 Å². The number of unbranched alkanes of at least 4 members (excludes halogenated alkanes) is 3. The second kappa shape index (κ2) is 12.9. The van der Waals surface area contributed by atoms with Gasteiger partial charge in [0.15, 0.2) is 34.8 Å². The summed E-state index contributed by atoms with van der Waals surface area (Å²) in [6.07, 6.45) is 5.70. The monoisotopic (exact) mass is 496 g/mol. The van der Waals surface area contributed by atoms with E-state index in [0.717, 1.165) is 49.9 Å². The van der Waals surface area contributed by atoms with Crippen LogP contribution in [0.2, 0.25) is 0 Å². The maximum absolute atomic E-state index is 14.6. The van der Waals surface area contributed by atoms with Gasteiger partial charge >= 0.3 is 0 Å². The van der Waals surface area contributed by atoms with Crippen LogP contribution in [0.3, 0.4) is 0 Å². The molecule has 0 bridgehead atoms. The third-order valence-electron chi connectivity index (χ3n) is 6.08. The van der Waals surface area contributed by atoms with Crippen LogP contribution >= 0.6 is 0 Å². The standard InChI is InChI=1S/C27H32F4O4/c1-3-9-32-10-7-5-6-8-11-34-25-21(28)12-19(13-22(25)29)20-14-23(30)26(24(31)15-20)35-18-27(4-2)16-33-17-27/h3,12-15H,1,4-11,16-18H2,2H3. The molecule has 0 saturated carbocycles. The fourth-order valence-electron chi connectivity index (χ4n) is 3.74. The topological polar surface area (TPSA) is 36.9 Å². The molecule has 1 saturated heterocycles. The van der Waals surface area contributed by atoms with Crippen LogP contribution in [0.25, 0.3) is 11.1 Å². The predicted molar refractivity (Wildman–Crippen MR) is 126 cm³/mol. The summed E-state index contributed by atoms with van der Waals surface area (Å²) in [6, 6.07) is 4.01. The zero-order valence-electron chi connectivity index (χ0n) is 20.0. The van der Waals surface area contributed by atoms with E-state index in [0.29, 0.717) is 32.8 Å². The van der Waals surface area contributed by atoms with Crippen molar-refractivity contribution in [2.75, 3.05) is 39.6 Å². The van der Waals surface area contributed by atoms with E-state index in [1.165, 1.54) is 0 Å². The van der Waals surface area contributed by atoms with Crippen molar-refractivity contribution in [2.24, 2.45) is 5.41 Å². The van der Waals surface area contributed by atoms with Crippen LogP contribution in [0, 0.1) is 28.7 Å². The highest BCUT2D eigenvalue weighted by Crippen LogP contribution is 2.36. The molecule has 4 nitrogen and oxygen atoms in total. The summed E-state index contributed by atoms with van der Waals surface area (Å²) in [6.45, 7) is 7.91. The number of benzene rings is 2. The van der Waals surface area contributed by atoms with E-state index in [9.17, 15) is 17.6 Å². The van der Waals surface area contributed by atoms with Gasteiger partial charge in [0.25, 0.3) is 0 Å². The third kappa shape index (κ3) is 7.21. The highest BCUT2D eigenvalue weighted by molar-refractivity contribution is 5.66. The number of rotatable bonds is 15. The Morgan fingerprint density at radius 2 is 1.34 bits per heavy atom. The molecule has 0 radical (unpaired) electrons. The Balaban J connectivity index is 1.57. The quantitative estimate of drug-likeness (QED) is 0.153. The summed E-state index contributed by atoms with van der Waals surface area (Å²) in [5, 5.41) is 0. The van der Waals surface area contributed by atoms with Crippen LogP contribution in [0.1, 0.15) is 39.0 Å². The van der Waals surface area contributed by atoms with Crippen LogP contribution in [0.4, 0.5) is 17.6 Å². The van der Waals surface area contributed by atoms with Gasteiger partial charge < -0.3 is 18.9 Å². The molecule has 0 aliphatic carbocycles. The summed E-state index contributed by atoms with van der Waals surface area (Å²) in [5.41, 5.74) is -0.263. The molecule has 3 rings (SSSR count). The van der Waals surface area contributed by atoms with Crippen LogP contribution in [-0.4, -0.2) is 39.6 Å². The zero-order valence-corrected chi connectivity index (χ0v) is 20.0.